The zero-order valence-corrected chi connectivity index (χ0v) is 11.1. The fourth-order valence-electron chi connectivity index (χ4n) is 2.61. The first-order valence-electron chi connectivity index (χ1n) is 6.39. The number of piperidine rings is 1. The van der Waals surface area contributed by atoms with E-state index < -0.39 is 0 Å². The first-order valence-corrected chi connectivity index (χ1v) is 6.39. The van der Waals surface area contributed by atoms with Crippen LogP contribution in [0.15, 0.2) is 0 Å². The molecule has 0 aliphatic carbocycles. The minimum atomic E-state index is 0. The Balaban J connectivity index is 0.00000144. The van der Waals surface area contributed by atoms with E-state index in [0.29, 0.717) is 18.9 Å². The summed E-state index contributed by atoms with van der Waals surface area (Å²) in [5.74, 6) is 0.757. The lowest BCUT2D eigenvalue weighted by atomic mass is 9.98. The van der Waals surface area contributed by atoms with E-state index in [9.17, 15) is 4.79 Å². The molecular weight excluding hydrogens is 240 g/mol. The van der Waals surface area contributed by atoms with Gasteiger partial charge in [-0.1, -0.05) is 0 Å². The van der Waals surface area contributed by atoms with Crippen molar-refractivity contribution in [2.45, 2.75) is 38.2 Å². The second-order valence-corrected chi connectivity index (χ2v) is 4.92. The first kappa shape index (κ1) is 14.7. The highest BCUT2D eigenvalue weighted by molar-refractivity contribution is 5.85. The van der Waals surface area contributed by atoms with Crippen LogP contribution in [0.5, 0.6) is 0 Å². The molecule has 5 heteroatoms. The molecule has 4 nitrogen and oxygen atoms in total. The van der Waals surface area contributed by atoms with Crippen LogP contribution in [0, 0.1) is 5.92 Å². The van der Waals surface area contributed by atoms with E-state index >= 15 is 0 Å². The van der Waals surface area contributed by atoms with E-state index in [1.54, 1.807) is 0 Å². The van der Waals surface area contributed by atoms with Crippen LogP contribution in [0.4, 0.5) is 0 Å². The average Bonchev–Trinajstić information content (AvgIpc) is 2.82. The van der Waals surface area contributed by atoms with Crippen LogP contribution in [0.25, 0.3) is 0 Å². The van der Waals surface area contributed by atoms with Crippen molar-refractivity contribution >= 4 is 18.3 Å². The third kappa shape index (κ3) is 4.12. The zero-order chi connectivity index (χ0) is 11.4. The Kier molecular flexibility index (Phi) is 6.23. The van der Waals surface area contributed by atoms with E-state index in [2.05, 4.69) is 0 Å². The van der Waals surface area contributed by atoms with Crippen molar-refractivity contribution in [3.63, 3.8) is 0 Å². The molecule has 2 fully saturated rings. The normalized spacial score (nSPS) is 28.9. The number of nitrogens with two attached hydrogens (primary N) is 1. The fraction of sp³-hybridized carbons (Fsp3) is 0.917. The summed E-state index contributed by atoms with van der Waals surface area (Å²) in [6, 6.07) is 0. The largest absolute Gasteiger partial charge is 0.378 e. The number of amides is 1. The summed E-state index contributed by atoms with van der Waals surface area (Å²) in [6.45, 7) is 3.27. The Morgan fingerprint density at radius 2 is 2.18 bits per heavy atom. The van der Waals surface area contributed by atoms with E-state index in [1.165, 1.54) is 6.42 Å². The lowest BCUT2D eigenvalue weighted by Crippen LogP contribution is -2.43. The van der Waals surface area contributed by atoms with Crippen LogP contribution >= 0.6 is 12.4 Å². The minimum Gasteiger partial charge on any atom is -0.378 e. The first-order chi connectivity index (χ1) is 7.79. The Hall–Kier alpha value is -0.320. The Morgan fingerprint density at radius 1 is 1.35 bits per heavy atom. The highest BCUT2D eigenvalue weighted by Crippen LogP contribution is 2.20. The number of carbonyl (C=O) groups excluding carboxylic acids is 1. The summed E-state index contributed by atoms with van der Waals surface area (Å²) >= 11 is 0. The second-order valence-electron chi connectivity index (χ2n) is 4.92. The molecule has 2 aliphatic rings. The molecule has 0 aromatic rings. The van der Waals surface area contributed by atoms with E-state index in [0.717, 1.165) is 39.0 Å². The van der Waals surface area contributed by atoms with Crippen LogP contribution < -0.4 is 5.73 Å². The molecule has 0 saturated carbocycles. The van der Waals surface area contributed by atoms with E-state index in [-0.39, 0.29) is 24.4 Å². The van der Waals surface area contributed by atoms with Crippen LogP contribution in [0.2, 0.25) is 0 Å². The molecule has 2 aliphatic heterocycles. The van der Waals surface area contributed by atoms with Crippen LogP contribution in [-0.4, -0.2) is 43.2 Å². The molecule has 1 amide bonds. The quantitative estimate of drug-likeness (QED) is 0.831. The topological polar surface area (TPSA) is 55.6 Å². The summed E-state index contributed by atoms with van der Waals surface area (Å²) < 4.78 is 5.50. The highest BCUT2D eigenvalue weighted by atomic mass is 35.5. The Morgan fingerprint density at radius 3 is 2.82 bits per heavy atom. The predicted octanol–water partition coefficient (Wildman–Crippen LogP) is 1.17. The number of halogens is 1. The van der Waals surface area contributed by atoms with Gasteiger partial charge in [0, 0.05) is 19.7 Å². The predicted molar refractivity (Wildman–Crippen MR) is 69.2 cm³/mol. The third-order valence-corrected chi connectivity index (χ3v) is 3.63. The average molecular weight is 263 g/mol. The van der Waals surface area contributed by atoms with Crippen molar-refractivity contribution < 1.29 is 9.53 Å². The van der Waals surface area contributed by atoms with Crippen LogP contribution in [-0.2, 0) is 9.53 Å². The summed E-state index contributed by atoms with van der Waals surface area (Å²) in [4.78, 5) is 14.0. The number of nitrogens with zero attached hydrogens (tertiary/aromatic N) is 1. The minimum absolute atomic E-state index is 0. The Bertz CT molecular complexity index is 245. The van der Waals surface area contributed by atoms with Crippen LogP contribution in [0.3, 0.4) is 0 Å². The van der Waals surface area contributed by atoms with Crippen molar-refractivity contribution in [2.24, 2.45) is 11.7 Å². The van der Waals surface area contributed by atoms with Crippen molar-refractivity contribution in [3.05, 3.63) is 0 Å². The van der Waals surface area contributed by atoms with Gasteiger partial charge in [0.2, 0.25) is 5.91 Å². The van der Waals surface area contributed by atoms with Gasteiger partial charge in [-0.15, -0.1) is 12.4 Å². The molecule has 0 bridgehead atoms. The second kappa shape index (κ2) is 7.19. The standard InChI is InChI=1S/C12H22N2O2.ClH/c13-8-10-3-1-5-14(9-10)12(15)7-11-4-2-6-16-11;/h10-11H,1-9,13H2;1H. The maximum absolute atomic E-state index is 12.0. The van der Waals surface area contributed by atoms with Gasteiger partial charge in [0.15, 0.2) is 0 Å². The molecule has 2 rings (SSSR count). The number of ether oxygens (including phenoxy) is 1. The van der Waals surface area contributed by atoms with E-state index in [1.807, 2.05) is 4.90 Å². The molecule has 100 valence electrons. The lowest BCUT2D eigenvalue weighted by molar-refractivity contribution is -0.135. The van der Waals surface area contributed by atoms with Gasteiger partial charge < -0.3 is 15.4 Å². The molecular formula is C12H23ClN2O2. The summed E-state index contributed by atoms with van der Waals surface area (Å²) in [7, 11) is 0. The molecule has 0 aromatic heterocycles. The third-order valence-electron chi connectivity index (χ3n) is 3.63. The maximum Gasteiger partial charge on any atom is 0.225 e. The van der Waals surface area contributed by atoms with Crippen molar-refractivity contribution in [1.29, 1.82) is 0 Å². The lowest BCUT2D eigenvalue weighted by Gasteiger charge is -2.32. The molecule has 2 saturated heterocycles. The summed E-state index contributed by atoms with van der Waals surface area (Å²) in [5, 5.41) is 0. The highest BCUT2D eigenvalue weighted by Gasteiger charge is 2.26. The number of likely N-dealkylation sites (tertiary alicyclic amines) is 1. The van der Waals surface area contributed by atoms with Gasteiger partial charge in [0.25, 0.3) is 0 Å². The van der Waals surface area contributed by atoms with Gasteiger partial charge in [0.1, 0.15) is 0 Å². The molecule has 2 N–H and O–H groups in total. The smallest absolute Gasteiger partial charge is 0.225 e. The molecule has 17 heavy (non-hydrogen) atoms. The number of hydrogen-bond acceptors (Lipinski definition) is 3. The van der Waals surface area contributed by atoms with Gasteiger partial charge >= 0.3 is 0 Å². The number of rotatable bonds is 3. The number of hydrogen-bond donors (Lipinski definition) is 1. The van der Waals surface area contributed by atoms with Gasteiger partial charge in [-0.3, -0.25) is 4.79 Å². The molecule has 2 atom stereocenters. The van der Waals surface area contributed by atoms with E-state index in [4.69, 9.17) is 10.5 Å². The summed E-state index contributed by atoms with van der Waals surface area (Å²) in [6.07, 6.45) is 5.14. The van der Waals surface area contributed by atoms with Gasteiger partial charge in [-0.25, -0.2) is 0 Å². The van der Waals surface area contributed by atoms with Gasteiger partial charge in [-0.2, -0.15) is 0 Å². The van der Waals surface area contributed by atoms with Gasteiger partial charge in [0.05, 0.1) is 12.5 Å². The van der Waals surface area contributed by atoms with Crippen molar-refractivity contribution in [3.8, 4) is 0 Å². The Labute approximate surface area is 109 Å². The molecule has 2 unspecified atom stereocenters. The summed E-state index contributed by atoms with van der Waals surface area (Å²) in [5.41, 5.74) is 5.67. The van der Waals surface area contributed by atoms with Gasteiger partial charge in [-0.05, 0) is 38.1 Å². The maximum atomic E-state index is 12.0. The molecule has 0 aromatic carbocycles. The van der Waals surface area contributed by atoms with Crippen molar-refractivity contribution in [1.82, 2.24) is 4.90 Å². The fourth-order valence-corrected chi connectivity index (χ4v) is 2.61. The molecule has 2 heterocycles. The SMILES string of the molecule is Cl.NCC1CCCN(C(=O)CC2CCCO2)C1. The van der Waals surface area contributed by atoms with Crippen molar-refractivity contribution in [2.75, 3.05) is 26.2 Å². The molecule has 0 radical (unpaired) electrons. The zero-order valence-electron chi connectivity index (χ0n) is 10.3. The molecule has 0 spiro atoms. The monoisotopic (exact) mass is 262 g/mol. The number of carbonyl (C=O) groups is 1. The van der Waals surface area contributed by atoms with Crippen LogP contribution in [0.1, 0.15) is 32.1 Å².